The molecule has 2 atom stereocenters. The summed E-state index contributed by atoms with van der Waals surface area (Å²) in [5.41, 5.74) is 9.48. The average molecular weight is 335 g/mol. The van der Waals surface area contributed by atoms with Crippen molar-refractivity contribution in [3.05, 3.63) is 65.2 Å². The largest absolute Gasteiger partial charge is 0.497 e. The minimum atomic E-state index is 0.0908. The molecule has 0 bridgehead atoms. The standard InChI is InChI=1S/C19H21N5O/c1-12-4-3-5-14(10-12)17-11-16(13-6-8-15(25-2)9-7-13)21-19-22-18(20)23-24(17)19/h3-10,16-17H,11H2,1-2H3,(H3,20,21,22,23)/t16-,17+/m0/s1. The van der Waals surface area contributed by atoms with Gasteiger partial charge in [-0.2, -0.15) is 4.98 Å². The zero-order chi connectivity index (χ0) is 17.4. The van der Waals surface area contributed by atoms with E-state index in [1.54, 1.807) is 7.11 Å². The highest BCUT2D eigenvalue weighted by molar-refractivity contribution is 5.42. The fraction of sp³-hybridized carbons (Fsp3) is 0.263. The van der Waals surface area contributed by atoms with Crippen LogP contribution in [-0.4, -0.2) is 21.9 Å². The highest BCUT2D eigenvalue weighted by Crippen LogP contribution is 2.38. The first-order chi connectivity index (χ1) is 12.1. The van der Waals surface area contributed by atoms with Crippen LogP contribution in [0.2, 0.25) is 0 Å². The van der Waals surface area contributed by atoms with Crippen LogP contribution in [0.1, 0.15) is 35.2 Å². The second-order valence-corrected chi connectivity index (χ2v) is 6.37. The predicted molar refractivity (Wildman–Crippen MR) is 97.7 cm³/mol. The highest BCUT2D eigenvalue weighted by atomic mass is 16.5. The third kappa shape index (κ3) is 2.91. The van der Waals surface area contributed by atoms with Crippen molar-refractivity contribution in [3.63, 3.8) is 0 Å². The third-order valence-electron chi connectivity index (χ3n) is 4.65. The molecular weight excluding hydrogens is 314 g/mol. The van der Waals surface area contributed by atoms with Gasteiger partial charge in [0, 0.05) is 0 Å². The first kappa shape index (κ1) is 15.5. The summed E-state index contributed by atoms with van der Waals surface area (Å²) in [4.78, 5) is 4.35. The minimum Gasteiger partial charge on any atom is -0.497 e. The molecule has 1 aliphatic heterocycles. The highest BCUT2D eigenvalue weighted by Gasteiger charge is 2.30. The fourth-order valence-corrected chi connectivity index (χ4v) is 3.40. The predicted octanol–water partition coefficient (Wildman–Crippen LogP) is 3.32. The maximum absolute atomic E-state index is 5.85. The number of aromatic nitrogens is 3. The Balaban J connectivity index is 1.73. The number of anilines is 2. The topological polar surface area (TPSA) is 78.0 Å². The molecule has 0 unspecified atom stereocenters. The SMILES string of the molecule is COc1ccc([C@@H]2C[C@H](c3cccc(C)c3)n3nc(N)nc3N2)cc1. The van der Waals surface area contributed by atoms with Gasteiger partial charge >= 0.3 is 0 Å². The van der Waals surface area contributed by atoms with Gasteiger partial charge in [0.1, 0.15) is 5.75 Å². The summed E-state index contributed by atoms with van der Waals surface area (Å²) in [6.45, 7) is 2.10. The van der Waals surface area contributed by atoms with E-state index in [1.165, 1.54) is 16.7 Å². The molecule has 3 aromatic rings. The summed E-state index contributed by atoms with van der Waals surface area (Å²) in [6.07, 6.45) is 0.867. The monoisotopic (exact) mass is 335 g/mol. The summed E-state index contributed by atoms with van der Waals surface area (Å²) < 4.78 is 7.15. The van der Waals surface area contributed by atoms with Gasteiger partial charge < -0.3 is 15.8 Å². The van der Waals surface area contributed by atoms with Crippen LogP contribution < -0.4 is 15.8 Å². The molecule has 1 aromatic heterocycles. The number of nitrogens with one attached hydrogen (secondary N) is 1. The molecule has 0 aliphatic carbocycles. The van der Waals surface area contributed by atoms with E-state index in [2.05, 4.69) is 58.7 Å². The molecule has 6 nitrogen and oxygen atoms in total. The molecule has 128 valence electrons. The molecule has 0 spiro atoms. The van der Waals surface area contributed by atoms with Gasteiger partial charge in [0.15, 0.2) is 0 Å². The van der Waals surface area contributed by atoms with Gasteiger partial charge in [-0.1, -0.05) is 42.0 Å². The molecule has 1 aliphatic rings. The quantitative estimate of drug-likeness (QED) is 0.768. The maximum atomic E-state index is 5.85. The van der Waals surface area contributed by atoms with Crippen molar-refractivity contribution in [2.75, 3.05) is 18.2 Å². The number of benzene rings is 2. The molecule has 0 radical (unpaired) electrons. The number of aryl methyl sites for hydroxylation is 1. The van der Waals surface area contributed by atoms with Gasteiger partial charge in [-0.3, -0.25) is 0 Å². The van der Waals surface area contributed by atoms with E-state index in [-0.39, 0.29) is 18.0 Å². The molecular formula is C19H21N5O. The first-order valence-corrected chi connectivity index (χ1v) is 8.33. The molecule has 0 saturated heterocycles. The number of methoxy groups -OCH3 is 1. The zero-order valence-corrected chi connectivity index (χ0v) is 14.3. The summed E-state index contributed by atoms with van der Waals surface area (Å²) in [6, 6.07) is 16.9. The number of nitrogens with two attached hydrogens (primary N) is 1. The molecule has 2 heterocycles. The number of ether oxygens (including phenoxy) is 1. The summed E-state index contributed by atoms with van der Waals surface area (Å²) >= 11 is 0. The minimum absolute atomic E-state index is 0.0908. The Morgan fingerprint density at radius 1 is 1.16 bits per heavy atom. The second kappa shape index (κ2) is 6.12. The fourth-order valence-electron chi connectivity index (χ4n) is 3.40. The Morgan fingerprint density at radius 2 is 1.96 bits per heavy atom. The van der Waals surface area contributed by atoms with E-state index in [0.717, 1.165) is 12.2 Å². The Hall–Kier alpha value is -3.02. The smallest absolute Gasteiger partial charge is 0.241 e. The van der Waals surface area contributed by atoms with E-state index in [9.17, 15) is 0 Å². The van der Waals surface area contributed by atoms with Crippen LogP contribution in [-0.2, 0) is 0 Å². The molecule has 25 heavy (non-hydrogen) atoms. The molecule has 3 N–H and O–H groups in total. The zero-order valence-electron chi connectivity index (χ0n) is 14.3. The summed E-state index contributed by atoms with van der Waals surface area (Å²) in [5.74, 6) is 1.84. The van der Waals surface area contributed by atoms with E-state index >= 15 is 0 Å². The second-order valence-electron chi connectivity index (χ2n) is 6.37. The normalized spacial score (nSPS) is 19.1. The Kier molecular flexibility index (Phi) is 3.80. The molecule has 0 fully saturated rings. The lowest BCUT2D eigenvalue weighted by Gasteiger charge is -2.31. The van der Waals surface area contributed by atoms with E-state index in [0.29, 0.717) is 5.95 Å². The van der Waals surface area contributed by atoms with Crippen LogP contribution in [0.15, 0.2) is 48.5 Å². The van der Waals surface area contributed by atoms with Gasteiger partial charge in [0.2, 0.25) is 11.9 Å². The van der Waals surface area contributed by atoms with Crippen molar-refractivity contribution < 1.29 is 4.74 Å². The maximum Gasteiger partial charge on any atom is 0.241 e. The Bertz CT molecular complexity index is 887. The van der Waals surface area contributed by atoms with E-state index in [4.69, 9.17) is 10.5 Å². The van der Waals surface area contributed by atoms with Crippen molar-refractivity contribution in [2.24, 2.45) is 0 Å². The molecule has 0 saturated carbocycles. The third-order valence-corrected chi connectivity index (χ3v) is 4.65. The number of rotatable bonds is 3. The Labute approximate surface area is 146 Å². The average Bonchev–Trinajstić information content (AvgIpc) is 3.01. The summed E-state index contributed by atoms with van der Waals surface area (Å²) in [7, 11) is 1.67. The van der Waals surface area contributed by atoms with Gasteiger partial charge in [-0.25, -0.2) is 4.68 Å². The number of hydrogen-bond donors (Lipinski definition) is 2. The van der Waals surface area contributed by atoms with Crippen molar-refractivity contribution in [1.82, 2.24) is 14.8 Å². The van der Waals surface area contributed by atoms with E-state index in [1.807, 2.05) is 16.8 Å². The van der Waals surface area contributed by atoms with Gasteiger partial charge in [-0.05, 0) is 36.6 Å². The summed E-state index contributed by atoms with van der Waals surface area (Å²) in [5, 5.41) is 7.85. The van der Waals surface area contributed by atoms with Crippen LogP contribution in [0, 0.1) is 6.92 Å². The van der Waals surface area contributed by atoms with E-state index < -0.39 is 0 Å². The first-order valence-electron chi connectivity index (χ1n) is 8.33. The molecule has 6 heteroatoms. The molecule has 2 aromatic carbocycles. The van der Waals surface area contributed by atoms with Crippen molar-refractivity contribution >= 4 is 11.9 Å². The van der Waals surface area contributed by atoms with Gasteiger partial charge in [0.05, 0.1) is 19.2 Å². The molecule has 0 amide bonds. The van der Waals surface area contributed by atoms with Crippen LogP contribution in [0.3, 0.4) is 0 Å². The number of fused-ring (bicyclic) bond motifs is 1. The lowest BCUT2D eigenvalue weighted by Crippen LogP contribution is -2.28. The number of nitrogens with zero attached hydrogens (tertiary/aromatic N) is 3. The number of hydrogen-bond acceptors (Lipinski definition) is 5. The van der Waals surface area contributed by atoms with Crippen molar-refractivity contribution in [1.29, 1.82) is 0 Å². The van der Waals surface area contributed by atoms with Crippen molar-refractivity contribution in [2.45, 2.75) is 25.4 Å². The number of nitrogen functional groups attached to an aromatic ring is 1. The van der Waals surface area contributed by atoms with Gasteiger partial charge in [0.25, 0.3) is 0 Å². The van der Waals surface area contributed by atoms with Crippen LogP contribution in [0.25, 0.3) is 0 Å². The lowest BCUT2D eigenvalue weighted by molar-refractivity contribution is 0.413. The Morgan fingerprint density at radius 3 is 2.68 bits per heavy atom. The van der Waals surface area contributed by atoms with Crippen LogP contribution >= 0.6 is 0 Å². The van der Waals surface area contributed by atoms with Crippen molar-refractivity contribution in [3.8, 4) is 5.75 Å². The van der Waals surface area contributed by atoms with Crippen LogP contribution in [0.5, 0.6) is 5.75 Å². The lowest BCUT2D eigenvalue weighted by atomic mass is 9.92. The molecule has 4 rings (SSSR count). The van der Waals surface area contributed by atoms with Crippen LogP contribution in [0.4, 0.5) is 11.9 Å². The van der Waals surface area contributed by atoms with Gasteiger partial charge in [-0.15, -0.1) is 5.10 Å².